The van der Waals surface area contributed by atoms with E-state index in [9.17, 15) is 14.4 Å². The zero-order chi connectivity index (χ0) is 24.6. The van der Waals surface area contributed by atoms with Crippen molar-refractivity contribution in [2.24, 2.45) is 5.16 Å². The highest BCUT2D eigenvalue weighted by Crippen LogP contribution is 2.20. The highest BCUT2D eigenvalue weighted by Gasteiger charge is 2.36. The van der Waals surface area contributed by atoms with E-state index in [1.54, 1.807) is 24.3 Å². The van der Waals surface area contributed by atoms with Gasteiger partial charge in [-0.15, -0.1) is 0 Å². The van der Waals surface area contributed by atoms with Gasteiger partial charge in [0, 0.05) is 12.6 Å². The minimum atomic E-state index is -1.59. The molecule has 0 saturated carbocycles. The molecule has 9 nitrogen and oxygen atoms in total. The van der Waals surface area contributed by atoms with Crippen LogP contribution in [0.3, 0.4) is 0 Å². The lowest BCUT2D eigenvalue weighted by Crippen LogP contribution is -2.45. The third kappa shape index (κ3) is 6.31. The molecule has 0 fully saturated rings. The Labute approximate surface area is 192 Å². The molecule has 0 bridgehead atoms. The standard InChI is InChI=1S/C24H28N2O7/c1-16-11-7-10-14-19(16)32-15-17-12-8-9-13-18(17)20(25-31-6)21(27)26(4)23(29)33-24(2,3)22(28)30-5/h7-14H,15H2,1-6H3. The van der Waals surface area contributed by atoms with E-state index >= 15 is 0 Å². The quantitative estimate of drug-likeness (QED) is 0.340. The Morgan fingerprint density at radius 2 is 1.64 bits per heavy atom. The summed E-state index contributed by atoms with van der Waals surface area (Å²) in [5, 5.41) is 3.85. The van der Waals surface area contributed by atoms with Gasteiger partial charge in [-0.1, -0.05) is 47.6 Å². The van der Waals surface area contributed by atoms with Gasteiger partial charge in [0.05, 0.1) is 7.11 Å². The zero-order valence-corrected chi connectivity index (χ0v) is 19.6. The highest BCUT2D eigenvalue weighted by molar-refractivity contribution is 6.47. The minimum Gasteiger partial charge on any atom is -0.489 e. The van der Waals surface area contributed by atoms with Crippen LogP contribution in [0.2, 0.25) is 0 Å². The Morgan fingerprint density at radius 1 is 1.00 bits per heavy atom. The van der Waals surface area contributed by atoms with Gasteiger partial charge in [0.1, 0.15) is 19.5 Å². The van der Waals surface area contributed by atoms with E-state index in [1.807, 2.05) is 31.2 Å². The maximum absolute atomic E-state index is 13.1. The largest absolute Gasteiger partial charge is 0.489 e. The number of hydrogen-bond acceptors (Lipinski definition) is 8. The van der Waals surface area contributed by atoms with Crippen LogP contribution in [0.5, 0.6) is 5.75 Å². The number of oxime groups is 1. The predicted octanol–water partition coefficient (Wildman–Crippen LogP) is 3.47. The molecule has 0 heterocycles. The van der Waals surface area contributed by atoms with Crippen molar-refractivity contribution < 1.29 is 33.4 Å². The number of methoxy groups -OCH3 is 1. The molecule has 0 aromatic heterocycles. The smallest absolute Gasteiger partial charge is 0.417 e. The first-order valence-corrected chi connectivity index (χ1v) is 10.1. The molecule has 0 N–H and O–H groups in total. The van der Waals surface area contributed by atoms with E-state index in [4.69, 9.17) is 14.3 Å². The maximum Gasteiger partial charge on any atom is 0.417 e. The third-order valence-corrected chi connectivity index (χ3v) is 4.73. The molecule has 2 aromatic carbocycles. The molecule has 0 saturated heterocycles. The molecule has 0 unspecified atom stereocenters. The van der Waals surface area contributed by atoms with Gasteiger partial charge in [0.15, 0.2) is 5.71 Å². The van der Waals surface area contributed by atoms with Crippen LogP contribution in [-0.4, -0.2) is 55.4 Å². The number of ether oxygens (including phenoxy) is 3. The number of rotatable bonds is 8. The van der Waals surface area contributed by atoms with Crippen molar-refractivity contribution in [1.82, 2.24) is 4.90 Å². The Bertz CT molecular complexity index is 1050. The number of para-hydroxylation sites is 1. The lowest BCUT2D eigenvalue weighted by molar-refractivity contribution is -0.160. The number of benzene rings is 2. The van der Waals surface area contributed by atoms with Crippen LogP contribution in [-0.2, 0) is 30.5 Å². The van der Waals surface area contributed by atoms with Crippen molar-refractivity contribution in [3.8, 4) is 5.75 Å². The van der Waals surface area contributed by atoms with Crippen molar-refractivity contribution in [1.29, 1.82) is 0 Å². The molecular weight excluding hydrogens is 428 g/mol. The SMILES string of the molecule is CON=C(C(=O)N(C)C(=O)OC(C)(C)C(=O)OC)c1ccccc1COc1ccccc1C. The number of nitrogens with zero attached hydrogens (tertiary/aromatic N) is 2. The molecular formula is C24H28N2O7. The first-order valence-electron chi connectivity index (χ1n) is 10.1. The lowest BCUT2D eigenvalue weighted by atomic mass is 10.0. The van der Waals surface area contributed by atoms with E-state index < -0.39 is 23.6 Å². The molecule has 176 valence electrons. The van der Waals surface area contributed by atoms with Crippen LogP contribution in [0.15, 0.2) is 53.7 Å². The van der Waals surface area contributed by atoms with Gasteiger partial charge in [-0.05, 0) is 38.0 Å². The fourth-order valence-electron chi connectivity index (χ4n) is 2.86. The summed E-state index contributed by atoms with van der Waals surface area (Å²) in [5.41, 5.74) is 0.328. The van der Waals surface area contributed by atoms with Crippen molar-refractivity contribution >= 4 is 23.7 Å². The number of amides is 2. The molecule has 0 radical (unpaired) electrons. The van der Waals surface area contributed by atoms with Crippen molar-refractivity contribution in [2.75, 3.05) is 21.3 Å². The van der Waals surface area contributed by atoms with Gasteiger partial charge in [0.25, 0.3) is 5.91 Å². The van der Waals surface area contributed by atoms with Gasteiger partial charge in [-0.25, -0.2) is 14.5 Å². The summed E-state index contributed by atoms with van der Waals surface area (Å²) in [7, 11) is 3.68. The van der Waals surface area contributed by atoms with E-state index in [0.29, 0.717) is 21.8 Å². The fraction of sp³-hybridized carbons (Fsp3) is 0.333. The predicted molar refractivity (Wildman–Crippen MR) is 121 cm³/mol. The minimum absolute atomic E-state index is 0.128. The van der Waals surface area contributed by atoms with Crippen LogP contribution >= 0.6 is 0 Å². The summed E-state index contributed by atoms with van der Waals surface area (Å²) in [6.07, 6.45) is -1.05. The van der Waals surface area contributed by atoms with Crippen molar-refractivity contribution in [3.63, 3.8) is 0 Å². The molecule has 0 atom stereocenters. The maximum atomic E-state index is 13.1. The summed E-state index contributed by atoms with van der Waals surface area (Å²) >= 11 is 0. The van der Waals surface area contributed by atoms with Gasteiger partial charge in [0.2, 0.25) is 5.60 Å². The average molecular weight is 456 g/mol. The van der Waals surface area contributed by atoms with Gasteiger partial charge < -0.3 is 19.0 Å². The molecule has 2 rings (SSSR count). The van der Waals surface area contributed by atoms with E-state index in [-0.39, 0.29) is 12.3 Å². The normalized spacial score (nSPS) is 11.4. The second-order valence-corrected chi connectivity index (χ2v) is 7.57. The second-order valence-electron chi connectivity index (χ2n) is 7.57. The number of carbonyl (C=O) groups excluding carboxylic acids is 3. The van der Waals surface area contributed by atoms with Crippen LogP contribution in [0, 0.1) is 6.92 Å². The van der Waals surface area contributed by atoms with Crippen molar-refractivity contribution in [2.45, 2.75) is 33.0 Å². The van der Waals surface area contributed by atoms with Gasteiger partial charge >= 0.3 is 12.1 Å². The third-order valence-electron chi connectivity index (χ3n) is 4.73. The van der Waals surface area contributed by atoms with E-state index in [0.717, 1.165) is 5.56 Å². The monoisotopic (exact) mass is 456 g/mol. The molecule has 0 aliphatic rings. The molecule has 0 aliphatic heterocycles. The van der Waals surface area contributed by atoms with Gasteiger partial charge in [-0.3, -0.25) is 4.79 Å². The van der Waals surface area contributed by atoms with Crippen LogP contribution < -0.4 is 4.74 Å². The highest BCUT2D eigenvalue weighted by atomic mass is 16.6. The fourth-order valence-corrected chi connectivity index (χ4v) is 2.86. The van der Waals surface area contributed by atoms with E-state index in [2.05, 4.69) is 9.89 Å². The first-order chi connectivity index (χ1) is 15.6. The lowest BCUT2D eigenvalue weighted by Gasteiger charge is -2.25. The summed E-state index contributed by atoms with van der Waals surface area (Å²) in [5.74, 6) is -0.846. The van der Waals surface area contributed by atoms with Gasteiger partial charge in [-0.2, -0.15) is 0 Å². The summed E-state index contributed by atoms with van der Waals surface area (Å²) in [4.78, 5) is 43.1. The number of imide groups is 1. The van der Waals surface area contributed by atoms with E-state index in [1.165, 1.54) is 35.1 Å². The molecule has 0 spiro atoms. The van der Waals surface area contributed by atoms with Crippen LogP contribution in [0.1, 0.15) is 30.5 Å². The summed E-state index contributed by atoms with van der Waals surface area (Å²) < 4.78 is 15.7. The summed E-state index contributed by atoms with van der Waals surface area (Å²) in [6, 6.07) is 14.5. The molecule has 9 heteroatoms. The number of carbonyl (C=O) groups is 3. The topological polar surface area (TPSA) is 104 Å². The Kier molecular flexibility index (Phi) is 8.56. The molecule has 2 aromatic rings. The average Bonchev–Trinajstić information content (AvgIpc) is 2.80. The zero-order valence-electron chi connectivity index (χ0n) is 19.6. The second kappa shape index (κ2) is 11.1. The van der Waals surface area contributed by atoms with Crippen molar-refractivity contribution in [3.05, 3.63) is 65.2 Å². The summed E-state index contributed by atoms with van der Waals surface area (Å²) in [6.45, 7) is 4.80. The van der Waals surface area contributed by atoms with Crippen LogP contribution in [0.25, 0.3) is 0 Å². The Morgan fingerprint density at radius 3 is 2.27 bits per heavy atom. The molecule has 2 amide bonds. The number of likely N-dealkylation sites (N-methyl/N-ethyl adjacent to an activating group) is 1. The Hall–Kier alpha value is -3.88. The molecule has 0 aliphatic carbocycles. The number of esters is 1. The number of hydrogen-bond donors (Lipinski definition) is 0. The number of aryl methyl sites for hydroxylation is 1. The molecule has 33 heavy (non-hydrogen) atoms. The first kappa shape index (κ1) is 25.4. The Balaban J connectivity index is 2.28. The van der Waals surface area contributed by atoms with Crippen LogP contribution in [0.4, 0.5) is 4.79 Å².